The van der Waals surface area contributed by atoms with E-state index in [1.807, 2.05) is 37.3 Å². The van der Waals surface area contributed by atoms with Gasteiger partial charge in [0.1, 0.15) is 17.5 Å². The number of rotatable bonds is 6. The summed E-state index contributed by atoms with van der Waals surface area (Å²) < 4.78 is 5.98. The van der Waals surface area contributed by atoms with E-state index in [2.05, 4.69) is 15.6 Å². The minimum atomic E-state index is -0.352. The second kappa shape index (κ2) is 8.93. The van der Waals surface area contributed by atoms with Crippen LogP contribution in [0.3, 0.4) is 0 Å². The van der Waals surface area contributed by atoms with Gasteiger partial charge < -0.3 is 25.5 Å². The summed E-state index contributed by atoms with van der Waals surface area (Å²) in [5.41, 5.74) is 1.47. The van der Waals surface area contributed by atoms with Gasteiger partial charge >= 0.3 is 0 Å². The number of carbonyl (C=O) groups is 2. The van der Waals surface area contributed by atoms with E-state index in [9.17, 15) is 14.7 Å². The topological polar surface area (TPSA) is 103 Å². The molecular formula is C21H27N3O4. The number of hydrogen-bond donors (Lipinski definition) is 4. The van der Waals surface area contributed by atoms with Crippen molar-refractivity contribution in [1.29, 1.82) is 0 Å². The van der Waals surface area contributed by atoms with Crippen LogP contribution in [-0.2, 0) is 0 Å². The molecule has 2 aromatic rings. The molecule has 1 fully saturated rings. The lowest BCUT2D eigenvalue weighted by atomic mass is 9.93. The van der Waals surface area contributed by atoms with Crippen LogP contribution >= 0.6 is 0 Å². The predicted molar refractivity (Wildman–Crippen MR) is 105 cm³/mol. The highest BCUT2D eigenvalue weighted by molar-refractivity contribution is 5.99. The highest BCUT2D eigenvalue weighted by atomic mass is 16.5. The first kappa shape index (κ1) is 19.9. The molecule has 7 heteroatoms. The maximum Gasteiger partial charge on any atom is 0.271 e. The molecule has 1 aromatic heterocycles. The summed E-state index contributed by atoms with van der Waals surface area (Å²) in [5.74, 6) is -0.302. The zero-order valence-corrected chi connectivity index (χ0v) is 16.2. The Labute approximate surface area is 164 Å². The van der Waals surface area contributed by atoms with Crippen LogP contribution in [0.1, 0.15) is 65.3 Å². The van der Waals surface area contributed by atoms with Crippen molar-refractivity contribution < 1.29 is 19.4 Å². The van der Waals surface area contributed by atoms with E-state index in [1.54, 1.807) is 6.07 Å². The first-order valence-electron chi connectivity index (χ1n) is 9.63. The van der Waals surface area contributed by atoms with Crippen LogP contribution in [0.2, 0.25) is 0 Å². The quantitative estimate of drug-likeness (QED) is 0.613. The molecule has 0 bridgehead atoms. The molecule has 1 atom stereocenters. The number of ether oxygens (including phenoxy) is 1. The molecular weight excluding hydrogens is 358 g/mol. The summed E-state index contributed by atoms with van der Waals surface area (Å²) in [5, 5.41) is 15.1. The fourth-order valence-electron chi connectivity index (χ4n) is 3.41. The SMILES string of the molecule is CNC(=O)c1[nH]c(C(=O)NC2CCC(O)CC2)cc1O[C@H](C)c1ccccc1. The van der Waals surface area contributed by atoms with E-state index in [0.717, 1.165) is 18.4 Å². The van der Waals surface area contributed by atoms with Gasteiger partial charge in [0, 0.05) is 19.2 Å². The summed E-state index contributed by atoms with van der Waals surface area (Å²) in [7, 11) is 1.53. The maximum atomic E-state index is 12.6. The van der Waals surface area contributed by atoms with Crippen molar-refractivity contribution in [2.24, 2.45) is 0 Å². The van der Waals surface area contributed by atoms with Crippen LogP contribution in [0.15, 0.2) is 36.4 Å². The molecule has 28 heavy (non-hydrogen) atoms. The van der Waals surface area contributed by atoms with Gasteiger partial charge in [0.2, 0.25) is 0 Å². The van der Waals surface area contributed by atoms with Crippen molar-refractivity contribution in [3.8, 4) is 5.75 Å². The standard InChI is InChI=1S/C21H27N3O4/c1-13(14-6-4-3-5-7-14)28-18-12-17(24-19(18)21(27)22-2)20(26)23-15-8-10-16(25)11-9-15/h3-7,12-13,15-16,24-25H,8-11H2,1-2H3,(H,22,27)(H,23,26)/t13-,15?,16?/m1/s1. The van der Waals surface area contributed by atoms with Gasteiger partial charge in [0.15, 0.2) is 5.75 Å². The van der Waals surface area contributed by atoms with Crippen molar-refractivity contribution in [2.75, 3.05) is 7.05 Å². The number of nitrogens with one attached hydrogen (secondary N) is 3. The van der Waals surface area contributed by atoms with Gasteiger partial charge in [-0.25, -0.2) is 0 Å². The Bertz CT molecular complexity index is 810. The number of aromatic nitrogens is 1. The first-order chi connectivity index (χ1) is 13.5. The highest BCUT2D eigenvalue weighted by Crippen LogP contribution is 2.27. The van der Waals surface area contributed by atoms with Crippen LogP contribution in [0.25, 0.3) is 0 Å². The van der Waals surface area contributed by atoms with Crippen LogP contribution in [0.4, 0.5) is 0 Å². The van der Waals surface area contributed by atoms with Gasteiger partial charge in [-0.3, -0.25) is 9.59 Å². The molecule has 1 aliphatic rings. The van der Waals surface area contributed by atoms with E-state index >= 15 is 0 Å². The smallest absolute Gasteiger partial charge is 0.271 e. The molecule has 1 saturated carbocycles. The third kappa shape index (κ3) is 4.72. The van der Waals surface area contributed by atoms with Gasteiger partial charge in [0.05, 0.1) is 6.10 Å². The van der Waals surface area contributed by atoms with Gasteiger partial charge in [-0.15, -0.1) is 0 Å². The number of carbonyl (C=O) groups excluding carboxylic acids is 2. The minimum absolute atomic E-state index is 0.0234. The van der Waals surface area contributed by atoms with E-state index in [-0.39, 0.29) is 41.5 Å². The molecule has 2 amide bonds. The molecule has 0 spiro atoms. The second-order valence-corrected chi connectivity index (χ2v) is 7.15. The van der Waals surface area contributed by atoms with Crippen molar-refractivity contribution in [2.45, 2.75) is 50.9 Å². The molecule has 150 valence electrons. The Morgan fingerprint density at radius 2 is 1.82 bits per heavy atom. The lowest BCUT2D eigenvalue weighted by molar-refractivity contribution is 0.0863. The van der Waals surface area contributed by atoms with Gasteiger partial charge in [0.25, 0.3) is 11.8 Å². The Kier molecular flexibility index (Phi) is 6.36. The lowest BCUT2D eigenvalue weighted by Crippen LogP contribution is -2.38. The van der Waals surface area contributed by atoms with Crippen LogP contribution in [0, 0.1) is 0 Å². The van der Waals surface area contributed by atoms with Crippen molar-refractivity contribution in [3.05, 3.63) is 53.3 Å². The monoisotopic (exact) mass is 385 g/mol. The van der Waals surface area contributed by atoms with Crippen LogP contribution in [0.5, 0.6) is 5.75 Å². The fourth-order valence-corrected chi connectivity index (χ4v) is 3.41. The number of H-pyrrole nitrogens is 1. The third-order valence-corrected chi connectivity index (χ3v) is 5.08. The molecule has 4 N–H and O–H groups in total. The molecule has 1 aromatic carbocycles. The number of aromatic amines is 1. The molecule has 0 radical (unpaired) electrons. The number of aliphatic hydroxyl groups excluding tert-OH is 1. The molecule has 1 aliphatic carbocycles. The second-order valence-electron chi connectivity index (χ2n) is 7.15. The number of aliphatic hydroxyl groups is 1. The highest BCUT2D eigenvalue weighted by Gasteiger charge is 2.25. The summed E-state index contributed by atoms with van der Waals surface area (Å²) >= 11 is 0. The van der Waals surface area contributed by atoms with Gasteiger partial charge in [-0.05, 0) is 38.2 Å². The summed E-state index contributed by atoms with van der Waals surface area (Å²) in [6.45, 7) is 1.89. The van der Waals surface area contributed by atoms with E-state index in [1.165, 1.54) is 7.05 Å². The van der Waals surface area contributed by atoms with E-state index in [4.69, 9.17) is 4.74 Å². The third-order valence-electron chi connectivity index (χ3n) is 5.08. The zero-order chi connectivity index (χ0) is 20.1. The van der Waals surface area contributed by atoms with Crippen LogP contribution < -0.4 is 15.4 Å². The predicted octanol–water partition coefficient (Wildman–Crippen LogP) is 2.55. The molecule has 1 heterocycles. The van der Waals surface area contributed by atoms with E-state index < -0.39 is 0 Å². The van der Waals surface area contributed by atoms with Crippen LogP contribution in [-0.4, -0.2) is 41.1 Å². The Morgan fingerprint density at radius 3 is 2.46 bits per heavy atom. The normalized spacial score (nSPS) is 20.2. The fraction of sp³-hybridized carbons (Fsp3) is 0.429. The molecule has 3 rings (SSSR count). The molecule has 0 unspecified atom stereocenters. The summed E-state index contributed by atoms with van der Waals surface area (Å²) in [4.78, 5) is 27.8. The van der Waals surface area contributed by atoms with Crippen molar-refractivity contribution in [1.82, 2.24) is 15.6 Å². The Balaban J connectivity index is 1.75. The number of hydrogen-bond acceptors (Lipinski definition) is 4. The average Bonchev–Trinajstić information content (AvgIpc) is 3.13. The number of amides is 2. The van der Waals surface area contributed by atoms with Crippen molar-refractivity contribution in [3.63, 3.8) is 0 Å². The largest absolute Gasteiger partial charge is 0.484 e. The van der Waals surface area contributed by atoms with Gasteiger partial charge in [-0.2, -0.15) is 0 Å². The maximum absolute atomic E-state index is 12.6. The van der Waals surface area contributed by atoms with E-state index in [0.29, 0.717) is 18.6 Å². The number of benzene rings is 1. The molecule has 0 saturated heterocycles. The Morgan fingerprint density at radius 1 is 1.14 bits per heavy atom. The average molecular weight is 385 g/mol. The zero-order valence-electron chi connectivity index (χ0n) is 16.2. The summed E-state index contributed by atoms with van der Waals surface area (Å²) in [6, 6.07) is 11.3. The molecule has 0 aliphatic heterocycles. The van der Waals surface area contributed by atoms with Gasteiger partial charge in [-0.1, -0.05) is 30.3 Å². The van der Waals surface area contributed by atoms with Crippen molar-refractivity contribution >= 4 is 11.8 Å². The summed E-state index contributed by atoms with van der Waals surface area (Å²) in [6.07, 6.45) is 2.29. The minimum Gasteiger partial charge on any atom is -0.484 e. The lowest BCUT2D eigenvalue weighted by Gasteiger charge is -2.25. The Hall–Kier alpha value is -2.80. The molecule has 7 nitrogen and oxygen atoms in total. The first-order valence-corrected chi connectivity index (χ1v) is 9.63.